The maximum Gasteiger partial charge on any atom is 0.269 e. The first-order valence-electron chi connectivity index (χ1n) is 8.18. The molecule has 1 saturated heterocycles. The summed E-state index contributed by atoms with van der Waals surface area (Å²) in [5.74, 6) is -0.182. The molecular formula is C17H20N4O4. The standard InChI is InChI=1S/C17H20N4O4/c1-11-16(17(22)18-10-15-4-3-9-25-15)12(2)20(19-11)13-5-7-14(8-6-13)21(23)24/h5-8,15H,3-4,9-10H2,1-2H3,(H,18,22)/t15-/m0/s1. The fourth-order valence-electron chi connectivity index (χ4n) is 3.04. The molecule has 1 aromatic carbocycles. The number of nitro benzene ring substituents is 1. The van der Waals surface area contributed by atoms with E-state index in [1.807, 2.05) is 6.92 Å². The maximum absolute atomic E-state index is 12.5. The van der Waals surface area contributed by atoms with Crippen LogP contribution >= 0.6 is 0 Å². The number of benzene rings is 1. The van der Waals surface area contributed by atoms with E-state index < -0.39 is 4.92 Å². The molecule has 0 radical (unpaired) electrons. The van der Waals surface area contributed by atoms with Gasteiger partial charge in [-0.2, -0.15) is 5.10 Å². The van der Waals surface area contributed by atoms with Crippen LogP contribution in [0.25, 0.3) is 5.69 Å². The highest BCUT2D eigenvalue weighted by Gasteiger charge is 2.22. The first-order valence-corrected chi connectivity index (χ1v) is 8.18. The minimum atomic E-state index is -0.449. The lowest BCUT2D eigenvalue weighted by Gasteiger charge is -2.11. The molecule has 1 atom stereocenters. The number of aryl methyl sites for hydroxylation is 1. The number of carbonyl (C=O) groups is 1. The summed E-state index contributed by atoms with van der Waals surface area (Å²) in [5, 5.41) is 18.1. The fraction of sp³-hybridized carbons (Fsp3) is 0.412. The van der Waals surface area contributed by atoms with Gasteiger partial charge in [0.05, 0.1) is 33.7 Å². The average molecular weight is 344 g/mol. The molecule has 8 nitrogen and oxygen atoms in total. The summed E-state index contributed by atoms with van der Waals surface area (Å²) in [6.07, 6.45) is 2.06. The van der Waals surface area contributed by atoms with E-state index >= 15 is 0 Å². The molecule has 0 unspecified atom stereocenters. The second kappa shape index (κ2) is 7.02. The number of carbonyl (C=O) groups excluding carboxylic acids is 1. The van der Waals surface area contributed by atoms with Gasteiger partial charge in [0.25, 0.3) is 11.6 Å². The molecule has 3 rings (SSSR count). The smallest absolute Gasteiger partial charge is 0.269 e. The average Bonchev–Trinajstić information content (AvgIpc) is 3.21. The molecule has 0 aliphatic carbocycles. The number of rotatable bonds is 5. The molecule has 1 amide bonds. The highest BCUT2D eigenvalue weighted by molar-refractivity contribution is 5.96. The maximum atomic E-state index is 12.5. The van der Waals surface area contributed by atoms with Crippen molar-refractivity contribution in [3.8, 4) is 5.69 Å². The van der Waals surface area contributed by atoms with E-state index in [2.05, 4.69) is 10.4 Å². The molecular weight excluding hydrogens is 324 g/mol. The van der Waals surface area contributed by atoms with Gasteiger partial charge in [-0.1, -0.05) is 0 Å². The Morgan fingerprint density at radius 3 is 2.72 bits per heavy atom. The number of ether oxygens (including phenoxy) is 1. The lowest BCUT2D eigenvalue weighted by molar-refractivity contribution is -0.384. The Balaban J connectivity index is 1.79. The Bertz CT molecular complexity index is 792. The third-order valence-electron chi connectivity index (χ3n) is 4.34. The molecule has 2 heterocycles. The van der Waals surface area contributed by atoms with Gasteiger partial charge in [0.2, 0.25) is 0 Å². The zero-order valence-corrected chi connectivity index (χ0v) is 14.2. The Labute approximate surface area is 144 Å². The van der Waals surface area contributed by atoms with Gasteiger partial charge < -0.3 is 10.1 Å². The highest BCUT2D eigenvalue weighted by atomic mass is 16.6. The van der Waals surface area contributed by atoms with Crippen molar-refractivity contribution in [2.75, 3.05) is 13.2 Å². The number of nitro groups is 1. The van der Waals surface area contributed by atoms with Crippen LogP contribution in [0.3, 0.4) is 0 Å². The Kier molecular flexibility index (Phi) is 4.80. The third-order valence-corrected chi connectivity index (χ3v) is 4.34. The van der Waals surface area contributed by atoms with Crippen LogP contribution in [0.2, 0.25) is 0 Å². The van der Waals surface area contributed by atoms with E-state index in [1.54, 1.807) is 23.7 Å². The first kappa shape index (κ1) is 17.1. The summed E-state index contributed by atoms with van der Waals surface area (Å²) in [6.45, 7) is 4.81. The molecule has 2 aromatic rings. The Morgan fingerprint density at radius 2 is 2.12 bits per heavy atom. The second-order valence-corrected chi connectivity index (χ2v) is 6.08. The van der Waals surface area contributed by atoms with Crippen LogP contribution in [-0.4, -0.2) is 39.9 Å². The summed E-state index contributed by atoms with van der Waals surface area (Å²) >= 11 is 0. The van der Waals surface area contributed by atoms with Crippen LogP contribution in [0.5, 0.6) is 0 Å². The van der Waals surface area contributed by atoms with Crippen molar-refractivity contribution in [2.24, 2.45) is 0 Å². The van der Waals surface area contributed by atoms with E-state index in [1.165, 1.54) is 12.1 Å². The van der Waals surface area contributed by atoms with Crippen molar-refractivity contribution in [3.05, 3.63) is 51.3 Å². The van der Waals surface area contributed by atoms with E-state index in [-0.39, 0.29) is 17.7 Å². The minimum Gasteiger partial charge on any atom is -0.376 e. The topological polar surface area (TPSA) is 99.3 Å². The Morgan fingerprint density at radius 1 is 1.40 bits per heavy atom. The van der Waals surface area contributed by atoms with Crippen molar-refractivity contribution in [1.29, 1.82) is 0 Å². The molecule has 25 heavy (non-hydrogen) atoms. The van der Waals surface area contributed by atoms with Crippen LogP contribution in [-0.2, 0) is 4.74 Å². The van der Waals surface area contributed by atoms with Gasteiger partial charge in [0.15, 0.2) is 0 Å². The van der Waals surface area contributed by atoms with E-state index in [0.29, 0.717) is 29.2 Å². The summed E-state index contributed by atoms with van der Waals surface area (Å²) in [5.41, 5.74) is 2.51. The predicted octanol–water partition coefficient (Wildman–Crippen LogP) is 2.31. The quantitative estimate of drug-likeness (QED) is 0.663. The fourth-order valence-corrected chi connectivity index (χ4v) is 3.04. The van der Waals surface area contributed by atoms with Crippen LogP contribution in [0.1, 0.15) is 34.6 Å². The van der Waals surface area contributed by atoms with Crippen molar-refractivity contribution in [3.63, 3.8) is 0 Å². The molecule has 0 saturated carbocycles. The van der Waals surface area contributed by atoms with Crippen LogP contribution < -0.4 is 5.32 Å². The van der Waals surface area contributed by atoms with Crippen LogP contribution in [0, 0.1) is 24.0 Å². The largest absolute Gasteiger partial charge is 0.376 e. The van der Waals surface area contributed by atoms with Gasteiger partial charge in [0, 0.05) is 25.3 Å². The molecule has 1 fully saturated rings. The molecule has 0 spiro atoms. The molecule has 132 valence electrons. The number of non-ortho nitro benzene ring substituents is 1. The van der Waals surface area contributed by atoms with Gasteiger partial charge in [-0.25, -0.2) is 4.68 Å². The molecule has 8 heteroatoms. The zero-order chi connectivity index (χ0) is 18.0. The van der Waals surface area contributed by atoms with Crippen molar-refractivity contribution < 1.29 is 14.5 Å². The number of amides is 1. The number of aromatic nitrogens is 2. The lowest BCUT2D eigenvalue weighted by Crippen LogP contribution is -2.32. The van der Waals surface area contributed by atoms with Gasteiger partial charge in [-0.05, 0) is 38.8 Å². The van der Waals surface area contributed by atoms with Crippen molar-refractivity contribution in [2.45, 2.75) is 32.8 Å². The molecule has 1 aliphatic heterocycles. The summed E-state index contributed by atoms with van der Waals surface area (Å²) in [6, 6.07) is 6.07. The number of hydrogen-bond donors (Lipinski definition) is 1. The van der Waals surface area contributed by atoms with Crippen LogP contribution in [0.15, 0.2) is 24.3 Å². The van der Waals surface area contributed by atoms with Gasteiger partial charge in [-0.15, -0.1) is 0 Å². The monoisotopic (exact) mass is 344 g/mol. The first-order chi connectivity index (χ1) is 12.0. The van der Waals surface area contributed by atoms with Gasteiger partial charge in [-0.3, -0.25) is 14.9 Å². The molecule has 0 bridgehead atoms. The highest BCUT2D eigenvalue weighted by Crippen LogP contribution is 2.20. The van der Waals surface area contributed by atoms with Crippen molar-refractivity contribution in [1.82, 2.24) is 15.1 Å². The molecule has 1 aromatic heterocycles. The SMILES string of the molecule is Cc1nn(-c2ccc([N+](=O)[O-])cc2)c(C)c1C(=O)NC[C@@H]1CCCO1. The number of hydrogen-bond acceptors (Lipinski definition) is 5. The number of nitrogens with one attached hydrogen (secondary N) is 1. The Hall–Kier alpha value is -2.74. The third kappa shape index (κ3) is 3.53. The zero-order valence-electron chi connectivity index (χ0n) is 14.2. The molecule has 1 aliphatic rings. The van der Waals surface area contributed by atoms with E-state index in [0.717, 1.165) is 19.4 Å². The normalized spacial score (nSPS) is 16.8. The summed E-state index contributed by atoms with van der Waals surface area (Å²) < 4.78 is 7.14. The predicted molar refractivity (Wildman–Crippen MR) is 91.0 cm³/mol. The summed E-state index contributed by atoms with van der Waals surface area (Å²) in [4.78, 5) is 22.8. The number of nitrogens with zero attached hydrogens (tertiary/aromatic N) is 3. The van der Waals surface area contributed by atoms with Gasteiger partial charge >= 0.3 is 0 Å². The lowest BCUT2D eigenvalue weighted by atomic mass is 10.1. The minimum absolute atomic E-state index is 0.0137. The van der Waals surface area contributed by atoms with Crippen LogP contribution in [0.4, 0.5) is 5.69 Å². The van der Waals surface area contributed by atoms with E-state index in [9.17, 15) is 14.9 Å². The second-order valence-electron chi connectivity index (χ2n) is 6.08. The summed E-state index contributed by atoms with van der Waals surface area (Å²) in [7, 11) is 0. The molecule has 1 N–H and O–H groups in total. The van der Waals surface area contributed by atoms with Gasteiger partial charge in [0.1, 0.15) is 0 Å². The van der Waals surface area contributed by atoms with Crippen molar-refractivity contribution >= 4 is 11.6 Å². The van der Waals surface area contributed by atoms with E-state index in [4.69, 9.17) is 4.74 Å².